The van der Waals surface area contributed by atoms with Crippen LogP contribution in [0.2, 0.25) is 48.4 Å². The summed E-state index contributed by atoms with van der Waals surface area (Å²) in [6.45, 7) is -1.05. The fourth-order valence-corrected chi connectivity index (χ4v) is 64.5. The molecule has 6 aliphatic heterocycles. The summed E-state index contributed by atoms with van der Waals surface area (Å²) in [6, 6.07) is -2.53. The molecule has 0 atom stereocenters. The maximum atomic E-state index is 13.7. The third-order valence-corrected chi connectivity index (χ3v) is 57.5. The monoisotopic (exact) mass is 1900 g/mol. The summed E-state index contributed by atoms with van der Waals surface area (Å²) in [5.41, 5.74) is 0. The maximum Gasteiger partial charge on any atom is 0.478 e. The molecule has 6 rings (SSSR count). The first-order valence-electron chi connectivity index (χ1n) is 43.3. The number of nitrogens with one attached hydrogen (secondary N) is 8. The molecule has 0 radical (unpaired) electrons. The van der Waals surface area contributed by atoms with E-state index in [9.17, 15) is 118 Å². The lowest BCUT2D eigenvalue weighted by atomic mass is 10.2. The Bertz CT molecular complexity index is 2800. The molecule has 704 valence electrons. The number of aliphatic carboxylic acids is 8. The van der Waals surface area contributed by atoms with Crippen LogP contribution in [0.15, 0.2) is 0 Å². The van der Waals surface area contributed by atoms with Crippen LogP contribution in [0, 0.1) is 0 Å². The molecule has 52 heteroatoms. The van der Waals surface area contributed by atoms with Crippen LogP contribution >= 0.6 is 0 Å². The Balaban J connectivity index is 1.91. The van der Waals surface area contributed by atoms with Gasteiger partial charge in [0.25, 0.3) is 0 Å². The molecule has 8 bridgehead atoms. The van der Waals surface area contributed by atoms with Crippen molar-refractivity contribution in [1.29, 1.82) is 0 Å². The van der Waals surface area contributed by atoms with Gasteiger partial charge >= 0.3 is 118 Å². The lowest BCUT2D eigenvalue weighted by molar-refractivity contribution is -0.138. The zero-order valence-electron chi connectivity index (χ0n) is 70.6. The minimum Gasteiger partial charge on any atom is -0.481 e. The van der Waals surface area contributed by atoms with E-state index in [1.54, 1.807) is 0 Å². The minimum absolute atomic E-state index is 0.0749. The number of carbonyl (C=O) groups excluding carboxylic acids is 8. The molecule has 0 aliphatic carbocycles. The normalized spacial score (nSPS) is 23.4. The third-order valence-electron chi connectivity index (χ3n) is 19.9. The quantitative estimate of drug-likeness (QED) is 0.0282. The van der Waals surface area contributed by atoms with Crippen LogP contribution in [0.25, 0.3) is 0 Å². The number of hydrogen-bond donors (Lipinski definition) is 16. The van der Waals surface area contributed by atoms with Crippen LogP contribution in [0.4, 0.5) is 0 Å². The van der Waals surface area contributed by atoms with Gasteiger partial charge in [-0.25, -0.2) is 0 Å². The van der Waals surface area contributed by atoms with E-state index in [0.29, 0.717) is 0 Å². The first kappa shape index (κ1) is 107. The van der Waals surface area contributed by atoms with Crippen LogP contribution in [-0.4, -0.2) is 259 Å². The number of unbranched alkanes of at least 4 members (excludes halogenated alkanes) is 8. The van der Waals surface area contributed by atoms with E-state index in [2.05, 4.69) is 42.5 Å². The fourth-order valence-electron chi connectivity index (χ4n) is 14.0. The van der Waals surface area contributed by atoms with Gasteiger partial charge in [-0.3, -0.25) is 76.7 Å². The molecule has 16 N–H and O–H groups in total. The van der Waals surface area contributed by atoms with Gasteiger partial charge in [0, 0.05) is 203 Å². The predicted octanol–water partition coefficient (Wildman–Crippen LogP) is 4.98. The summed E-state index contributed by atoms with van der Waals surface area (Å²) in [4.78, 5) is 201. The highest BCUT2D eigenvalue weighted by Crippen LogP contribution is 2.55. The van der Waals surface area contributed by atoms with Crippen molar-refractivity contribution in [1.82, 2.24) is 42.5 Å². The second kappa shape index (κ2) is 56.2. The molecule has 6 saturated heterocycles. The van der Waals surface area contributed by atoms with Gasteiger partial charge in [0.15, 0.2) is 0 Å². The van der Waals surface area contributed by atoms with Crippen LogP contribution in [-0.2, 0) is 126 Å². The van der Waals surface area contributed by atoms with Crippen molar-refractivity contribution < 1.29 is 167 Å². The number of hydrogen-bond acceptors (Lipinski definition) is 28. The molecule has 44 nitrogen and oxygen atoms in total. The van der Waals surface area contributed by atoms with E-state index in [0.717, 1.165) is 0 Å². The van der Waals surface area contributed by atoms with Crippen LogP contribution in [0.3, 0.4) is 0 Å². The molecule has 6 aliphatic rings. The highest BCUT2D eigenvalue weighted by Gasteiger charge is 2.83. The lowest BCUT2D eigenvalue weighted by Gasteiger charge is -2.63. The molecule has 0 aromatic heterocycles. The van der Waals surface area contributed by atoms with Gasteiger partial charge in [0.2, 0.25) is 47.3 Å². The molecule has 124 heavy (non-hydrogen) atoms. The summed E-state index contributed by atoms with van der Waals surface area (Å²) in [5, 5.41) is 98.2. The number of carboxylic acids is 8. The van der Waals surface area contributed by atoms with E-state index < -0.39 is 165 Å². The van der Waals surface area contributed by atoms with Crippen molar-refractivity contribution >= 4 is 165 Å². The largest absolute Gasteiger partial charge is 0.481 e. The maximum absolute atomic E-state index is 13.7. The average molecular weight is 1910 g/mol. The number of carbonyl (C=O) groups is 16. The van der Waals surface area contributed by atoms with Crippen molar-refractivity contribution in [2.45, 2.75) is 305 Å². The second-order valence-corrected chi connectivity index (χ2v) is 55.8. The lowest BCUT2D eigenvalue weighted by Crippen LogP contribution is -2.88. The fraction of sp³-hybridized carbons (Fsp3) is 0.778. The average Bonchev–Trinajstić information content (AvgIpc) is 0.686. The summed E-state index contributed by atoms with van der Waals surface area (Å²) in [6.07, 6.45) is 0.333. The van der Waals surface area contributed by atoms with Gasteiger partial charge in [-0.1, -0.05) is 0 Å². The zero-order chi connectivity index (χ0) is 91.0. The van der Waals surface area contributed by atoms with Crippen LogP contribution in [0.1, 0.15) is 257 Å². The molecule has 6 heterocycles. The van der Waals surface area contributed by atoms with Gasteiger partial charge in [-0.2, -0.15) is 0 Å². The van der Waals surface area contributed by atoms with Crippen LogP contribution < -0.4 is 42.5 Å². The van der Waals surface area contributed by atoms with Crippen molar-refractivity contribution in [3.8, 4) is 0 Å². The molecule has 0 aromatic carbocycles. The Hall–Kier alpha value is -7.22. The van der Waals surface area contributed by atoms with Crippen molar-refractivity contribution in [2.24, 2.45) is 0 Å². The summed E-state index contributed by atoms with van der Waals surface area (Å²) >= 11 is 0. The Morgan fingerprint density at radius 2 is 0.234 bits per heavy atom. The topological polar surface area (TPSA) is 642 Å². The molecule has 8 amide bonds. The third kappa shape index (κ3) is 43.5. The minimum atomic E-state index is -5.15. The summed E-state index contributed by atoms with van der Waals surface area (Å²) in [7, 11) is -41.2. The molecule has 0 aromatic rings. The second-order valence-electron chi connectivity index (χ2n) is 31.1. The smallest absolute Gasteiger partial charge is 0.478 e. The Morgan fingerprint density at radius 3 is 0.323 bits per heavy atom. The SMILES string of the molecule is O=C(O)CCCCC(=O)NCCC[Si]12O[Si]3(CCCNC(=O)CCCCC(=O)O)O[Si]4(CCCNC(=O)CCCCC(=O)O)O[Si](CCCNC(=O)CCCCC(=O)O)(O1)O[Si]1(CCCNC(=O)CCCCC(=O)O)O[Si](CCCNC(=O)CCCCC(=O)O)(O2)O[Si](CCCNC(=O)CCCCC(=O)O)(O3)O[Si](CCCNC(=O)CCCCC(=O)O)(O4)O1. The Kier molecular flexibility index (Phi) is 48.6. The molecular formula is C72H128N8O36Si8. The summed E-state index contributed by atoms with van der Waals surface area (Å²) < 4.78 is 95.2. The number of rotatable bonds is 72. The number of carboxylic acid groups (broad SMARTS) is 8. The molecule has 0 saturated carbocycles. The van der Waals surface area contributed by atoms with E-state index in [1.165, 1.54) is 0 Å². The predicted molar refractivity (Wildman–Crippen MR) is 447 cm³/mol. The Labute approximate surface area is 728 Å². The van der Waals surface area contributed by atoms with E-state index in [1.807, 2.05) is 0 Å². The van der Waals surface area contributed by atoms with Crippen molar-refractivity contribution in [2.75, 3.05) is 52.4 Å². The highest BCUT2D eigenvalue weighted by atomic mass is 28.6. The van der Waals surface area contributed by atoms with Gasteiger partial charge < -0.3 is 133 Å². The molecule has 0 unspecified atom stereocenters. The van der Waals surface area contributed by atoms with E-state index in [4.69, 9.17) is 49.4 Å². The van der Waals surface area contributed by atoms with Crippen molar-refractivity contribution in [3.63, 3.8) is 0 Å². The van der Waals surface area contributed by atoms with Gasteiger partial charge in [-0.05, 0) is 154 Å². The first-order valence-corrected chi connectivity index (χ1v) is 58.7. The van der Waals surface area contributed by atoms with E-state index >= 15 is 0 Å². The highest BCUT2D eigenvalue weighted by molar-refractivity contribution is 7.03. The summed E-state index contributed by atoms with van der Waals surface area (Å²) in [5.74, 6) is -12.1. The number of amides is 8. The Morgan fingerprint density at radius 1 is 0.145 bits per heavy atom. The zero-order valence-corrected chi connectivity index (χ0v) is 78.6. The first-order chi connectivity index (χ1) is 59.0. The van der Waals surface area contributed by atoms with E-state index in [-0.39, 0.29) is 358 Å². The van der Waals surface area contributed by atoms with Gasteiger partial charge in [0.1, 0.15) is 0 Å². The van der Waals surface area contributed by atoms with Gasteiger partial charge in [-0.15, -0.1) is 0 Å². The standard InChI is InChI=1S/C72H128N8O36Si8/c81-57(25-1-9-33-65(89)90)73-41-17-49-117-105-118(50-18-42-74-58(82)26-2-10-34-66(91)92)108-121(53-21-45-77-61(85)29-5-13-37-69(97)98)110-119(106-117,51-19-43-75-59(83)27-3-11-35-67(93)94)112-123(55-23-47-79-63(87)31-7-15-39-71(101)102)113-120(107-117,52-20-44-76-60(84)28-4-12-36-68(95)96)111-122(109-118,54-22-46-78-62(86)30-6-14-38-70(99)100)115-124(114-121,116-123)56-24-48-80-64(88)32-8-16-40-72(103)104/h1-56H2,(H,73,81)(H,74,82)(H,75,83)(H,76,84)(H,77,85)(H,78,86)(H,79,87)(H,80,88)(H,89,90)(H,91,92)(H,93,94)(H,95,96)(H,97,98)(H,99,100)(H,101,102)(H,103,104). The van der Waals surface area contributed by atoms with Gasteiger partial charge in [0.05, 0.1) is 0 Å². The van der Waals surface area contributed by atoms with Crippen LogP contribution in [0.5, 0.6) is 0 Å². The molecule has 0 spiro atoms. The molecule has 6 fully saturated rings. The van der Waals surface area contributed by atoms with Crippen molar-refractivity contribution in [3.05, 3.63) is 0 Å². The molecular weight excluding hydrogens is 1780 g/mol.